The van der Waals surface area contributed by atoms with Crippen LogP contribution in [0.1, 0.15) is 27.0 Å². The number of nitrogens with zero attached hydrogens (tertiary/aromatic N) is 2. The number of morpholine rings is 1. The van der Waals surface area contributed by atoms with Crippen LogP contribution in [0.4, 0.5) is 5.69 Å². The second-order valence-electron chi connectivity index (χ2n) is 9.32. The second kappa shape index (κ2) is 10.9. The van der Waals surface area contributed by atoms with Gasteiger partial charge in [0.25, 0.3) is 5.91 Å². The lowest BCUT2D eigenvalue weighted by molar-refractivity contribution is 0.0785. The van der Waals surface area contributed by atoms with E-state index in [1.807, 2.05) is 50.4 Å². The molecule has 1 aliphatic rings. The first-order chi connectivity index (χ1) is 18.0. The van der Waals surface area contributed by atoms with Gasteiger partial charge in [0, 0.05) is 55.5 Å². The Balaban J connectivity index is 1.17. The van der Waals surface area contributed by atoms with Crippen LogP contribution in [0.5, 0.6) is 5.75 Å². The van der Waals surface area contributed by atoms with Gasteiger partial charge in [-0.15, -0.1) is 0 Å². The molecule has 1 fully saturated rings. The Hall–Kier alpha value is -4.10. The molecule has 3 aromatic carbocycles. The Kier molecular flexibility index (Phi) is 7.23. The van der Waals surface area contributed by atoms with E-state index in [-0.39, 0.29) is 11.5 Å². The molecule has 0 spiro atoms. The first-order valence-electron chi connectivity index (χ1n) is 12.4. The third-order valence-corrected chi connectivity index (χ3v) is 6.61. The summed E-state index contributed by atoms with van der Waals surface area (Å²) >= 11 is 0. The van der Waals surface area contributed by atoms with Gasteiger partial charge < -0.3 is 23.7 Å². The van der Waals surface area contributed by atoms with E-state index in [1.165, 1.54) is 11.8 Å². The van der Waals surface area contributed by atoms with E-state index in [2.05, 4.69) is 29.2 Å². The van der Waals surface area contributed by atoms with Crippen molar-refractivity contribution in [2.24, 2.45) is 0 Å². The molecule has 0 bridgehead atoms. The maximum Gasteiger partial charge on any atom is 0.336 e. The molecule has 1 amide bonds. The highest BCUT2D eigenvalue weighted by Crippen LogP contribution is 2.23. The Labute approximate surface area is 215 Å². The van der Waals surface area contributed by atoms with Crippen LogP contribution in [0.25, 0.3) is 11.0 Å². The maximum atomic E-state index is 13.0. The molecule has 5 rings (SSSR count). The van der Waals surface area contributed by atoms with E-state index in [1.54, 1.807) is 11.0 Å². The number of hydrogen-bond donors (Lipinski definition) is 0. The number of carbonyl (C=O) groups is 1. The van der Waals surface area contributed by atoms with Crippen LogP contribution in [0.15, 0.2) is 82.0 Å². The summed E-state index contributed by atoms with van der Waals surface area (Å²) in [6.07, 6.45) is 0. The van der Waals surface area contributed by atoms with Gasteiger partial charge in [-0.2, -0.15) is 0 Å². The van der Waals surface area contributed by atoms with Gasteiger partial charge >= 0.3 is 5.63 Å². The molecule has 1 saturated heterocycles. The van der Waals surface area contributed by atoms with Crippen LogP contribution in [-0.2, 0) is 17.9 Å². The Morgan fingerprint density at radius 3 is 2.38 bits per heavy atom. The summed E-state index contributed by atoms with van der Waals surface area (Å²) in [5.41, 5.74) is 4.82. The fourth-order valence-electron chi connectivity index (χ4n) is 4.51. The summed E-state index contributed by atoms with van der Waals surface area (Å²) in [4.78, 5) is 28.7. The summed E-state index contributed by atoms with van der Waals surface area (Å²) in [5.74, 6) is 0.574. The smallest absolute Gasteiger partial charge is 0.336 e. The highest BCUT2D eigenvalue weighted by molar-refractivity contribution is 5.94. The molecular weight excluding hydrogens is 468 g/mol. The molecule has 0 N–H and O–H groups in total. The van der Waals surface area contributed by atoms with Gasteiger partial charge in [-0.3, -0.25) is 4.79 Å². The standard InChI is InChI=1S/C30H30N2O5/c1-21-17-29(33)37-28-18-26(11-12-27(21)28)36-20-23-3-7-24(8-4-23)30(34)31(2)19-22-5-9-25(10-6-22)32-13-15-35-16-14-32/h3-12,17-18H,13-16,19-20H2,1-2H3. The quantitative estimate of drug-likeness (QED) is 0.341. The largest absolute Gasteiger partial charge is 0.489 e. The Morgan fingerprint density at radius 2 is 1.65 bits per heavy atom. The summed E-state index contributed by atoms with van der Waals surface area (Å²) in [6, 6.07) is 22.7. The predicted octanol–water partition coefficient (Wildman–Crippen LogP) is 4.79. The predicted molar refractivity (Wildman–Crippen MR) is 143 cm³/mol. The lowest BCUT2D eigenvalue weighted by Gasteiger charge is -2.29. The van der Waals surface area contributed by atoms with Crippen molar-refractivity contribution in [2.75, 3.05) is 38.3 Å². The van der Waals surface area contributed by atoms with E-state index in [0.29, 0.717) is 30.0 Å². The van der Waals surface area contributed by atoms with Gasteiger partial charge in [-0.05, 0) is 60.0 Å². The van der Waals surface area contributed by atoms with Gasteiger partial charge in [-0.25, -0.2) is 4.79 Å². The topological polar surface area (TPSA) is 72.2 Å². The highest BCUT2D eigenvalue weighted by atomic mass is 16.5. The van der Waals surface area contributed by atoms with E-state index in [4.69, 9.17) is 13.9 Å². The molecule has 4 aromatic rings. The SMILES string of the molecule is Cc1cc(=O)oc2cc(OCc3ccc(C(=O)N(C)Cc4ccc(N5CCOCC5)cc4)cc3)ccc12. The van der Waals surface area contributed by atoms with Crippen LogP contribution in [0, 0.1) is 6.92 Å². The van der Waals surface area contributed by atoms with E-state index < -0.39 is 0 Å². The molecule has 7 nitrogen and oxygen atoms in total. The minimum Gasteiger partial charge on any atom is -0.489 e. The number of carbonyl (C=O) groups excluding carboxylic acids is 1. The number of fused-ring (bicyclic) bond motifs is 1. The molecule has 190 valence electrons. The van der Waals surface area contributed by atoms with Crippen LogP contribution in [-0.4, -0.2) is 44.2 Å². The van der Waals surface area contributed by atoms with Crippen LogP contribution in [0.3, 0.4) is 0 Å². The first-order valence-corrected chi connectivity index (χ1v) is 12.4. The summed E-state index contributed by atoms with van der Waals surface area (Å²) in [7, 11) is 1.81. The average Bonchev–Trinajstić information content (AvgIpc) is 2.92. The second-order valence-corrected chi connectivity index (χ2v) is 9.32. The fourth-order valence-corrected chi connectivity index (χ4v) is 4.51. The molecule has 0 atom stereocenters. The van der Waals surface area contributed by atoms with Crippen molar-refractivity contribution in [3.8, 4) is 5.75 Å². The number of ether oxygens (including phenoxy) is 2. The monoisotopic (exact) mass is 498 g/mol. The summed E-state index contributed by atoms with van der Waals surface area (Å²) in [6.45, 7) is 6.06. The van der Waals surface area contributed by atoms with Crippen molar-refractivity contribution in [3.05, 3.63) is 105 Å². The van der Waals surface area contributed by atoms with Crippen molar-refractivity contribution in [3.63, 3.8) is 0 Å². The summed E-state index contributed by atoms with van der Waals surface area (Å²) < 4.78 is 16.6. The van der Waals surface area contributed by atoms with Crippen LogP contribution >= 0.6 is 0 Å². The molecule has 37 heavy (non-hydrogen) atoms. The van der Waals surface area contributed by atoms with Crippen molar-refractivity contribution in [2.45, 2.75) is 20.1 Å². The van der Waals surface area contributed by atoms with E-state index >= 15 is 0 Å². The third kappa shape index (κ3) is 5.84. The number of rotatable bonds is 7. The average molecular weight is 499 g/mol. The number of anilines is 1. The van der Waals surface area contributed by atoms with Crippen LogP contribution < -0.4 is 15.3 Å². The van der Waals surface area contributed by atoms with Gasteiger partial charge in [0.05, 0.1) is 13.2 Å². The molecular formula is C30H30N2O5. The molecule has 0 radical (unpaired) electrons. The fraction of sp³-hybridized carbons (Fsp3) is 0.267. The van der Waals surface area contributed by atoms with Crippen molar-refractivity contribution in [1.29, 1.82) is 0 Å². The molecule has 7 heteroatoms. The zero-order valence-electron chi connectivity index (χ0n) is 21.1. The van der Waals surface area contributed by atoms with Crippen molar-refractivity contribution >= 4 is 22.6 Å². The van der Waals surface area contributed by atoms with Crippen molar-refractivity contribution < 1.29 is 18.7 Å². The zero-order valence-corrected chi connectivity index (χ0v) is 21.1. The lowest BCUT2D eigenvalue weighted by Crippen LogP contribution is -2.36. The highest BCUT2D eigenvalue weighted by Gasteiger charge is 2.14. The Morgan fingerprint density at radius 1 is 0.946 bits per heavy atom. The minimum absolute atomic E-state index is 0.0374. The van der Waals surface area contributed by atoms with E-state index in [0.717, 1.165) is 48.4 Å². The number of amides is 1. The van der Waals surface area contributed by atoms with Gasteiger partial charge in [-0.1, -0.05) is 24.3 Å². The zero-order chi connectivity index (χ0) is 25.8. The maximum absolute atomic E-state index is 13.0. The lowest BCUT2D eigenvalue weighted by atomic mass is 10.1. The van der Waals surface area contributed by atoms with Gasteiger partial charge in [0.2, 0.25) is 0 Å². The molecule has 0 unspecified atom stereocenters. The molecule has 0 aliphatic carbocycles. The van der Waals surface area contributed by atoms with E-state index in [9.17, 15) is 9.59 Å². The number of aryl methyl sites for hydroxylation is 1. The molecule has 1 aliphatic heterocycles. The third-order valence-electron chi connectivity index (χ3n) is 6.61. The van der Waals surface area contributed by atoms with Gasteiger partial charge in [0.15, 0.2) is 0 Å². The minimum atomic E-state index is -0.377. The number of hydrogen-bond acceptors (Lipinski definition) is 6. The first kappa shape index (κ1) is 24.6. The summed E-state index contributed by atoms with van der Waals surface area (Å²) in [5, 5.41) is 0.881. The molecule has 1 aromatic heterocycles. The van der Waals surface area contributed by atoms with Crippen LogP contribution in [0.2, 0.25) is 0 Å². The molecule has 2 heterocycles. The molecule has 0 saturated carbocycles. The number of benzene rings is 3. The van der Waals surface area contributed by atoms with Crippen molar-refractivity contribution in [1.82, 2.24) is 4.90 Å². The normalized spacial score (nSPS) is 13.5. The Bertz CT molecular complexity index is 1440. The van der Waals surface area contributed by atoms with Gasteiger partial charge in [0.1, 0.15) is 17.9 Å².